The monoisotopic (exact) mass is 314 g/mol. The number of fused-ring (bicyclic) bond motifs is 2. The predicted octanol–water partition coefficient (Wildman–Crippen LogP) is 4.04. The summed E-state index contributed by atoms with van der Waals surface area (Å²) >= 11 is 6.00. The van der Waals surface area contributed by atoms with Crippen LogP contribution in [-0.4, -0.2) is 30.1 Å². The predicted molar refractivity (Wildman–Crippen MR) is 87.9 cm³/mol. The fourth-order valence-corrected chi connectivity index (χ4v) is 3.77. The summed E-state index contributed by atoms with van der Waals surface area (Å²) in [4.78, 5) is 2.67. The van der Waals surface area contributed by atoms with Crippen molar-refractivity contribution in [3.63, 3.8) is 0 Å². The van der Waals surface area contributed by atoms with Crippen LogP contribution in [-0.2, 0) is 0 Å². The summed E-state index contributed by atoms with van der Waals surface area (Å²) in [7, 11) is 0. The molecule has 2 heterocycles. The van der Waals surface area contributed by atoms with E-state index in [0.717, 1.165) is 11.1 Å². The number of nitrogens with zero attached hydrogens (tertiary/aromatic N) is 1. The first kappa shape index (κ1) is 16.1. The third-order valence-electron chi connectivity index (χ3n) is 4.64. The Bertz CT molecular complexity index is 421. The van der Waals surface area contributed by atoms with Gasteiger partial charge in [-0.3, -0.25) is 4.90 Å². The van der Waals surface area contributed by atoms with E-state index in [0.29, 0.717) is 12.1 Å². The van der Waals surface area contributed by atoms with Crippen molar-refractivity contribution in [2.45, 2.75) is 50.7 Å². The van der Waals surface area contributed by atoms with E-state index in [2.05, 4.69) is 29.3 Å². The van der Waals surface area contributed by atoms with Crippen molar-refractivity contribution >= 4 is 24.0 Å². The van der Waals surface area contributed by atoms with E-state index in [9.17, 15) is 0 Å². The number of hydrogen-bond donors (Lipinski definition) is 1. The molecule has 112 valence electrons. The lowest BCUT2D eigenvalue weighted by molar-refractivity contribution is 0.182. The van der Waals surface area contributed by atoms with Crippen LogP contribution in [0.15, 0.2) is 24.3 Å². The van der Waals surface area contributed by atoms with Gasteiger partial charge in [0.25, 0.3) is 0 Å². The minimum absolute atomic E-state index is 0. The second-order valence-electron chi connectivity index (χ2n) is 5.90. The summed E-state index contributed by atoms with van der Waals surface area (Å²) in [6, 6.07) is 10.4. The molecular formula is C16H24Cl2N2. The highest BCUT2D eigenvalue weighted by Crippen LogP contribution is 2.30. The van der Waals surface area contributed by atoms with Gasteiger partial charge in [-0.2, -0.15) is 0 Å². The van der Waals surface area contributed by atoms with Crippen LogP contribution in [0.2, 0.25) is 5.02 Å². The van der Waals surface area contributed by atoms with E-state index < -0.39 is 0 Å². The molecule has 2 aliphatic rings. The molecule has 3 unspecified atom stereocenters. The normalized spacial score (nSPS) is 27.7. The number of rotatable bonds is 3. The van der Waals surface area contributed by atoms with Gasteiger partial charge >= 0.3 is 0 Å². The van der Waals surface area contributed by atoms with Crippen LogP contribution >= 0.6 is 24.0 Å². The molecule has 1 aromatic carbocycles. The molecule has 2 aliphatic heterocycles. The average Bonchev–Trinajstić information content (AvgIpc) is 2.74. The van der Waals surface area contributed by atoms with Gasteiger partial charge in [0, 0.05) is 36.2 Å². The average molecular weight is 315 g/mol. The Hall–Kier alpha value is -0.280. The maximum absolute atomic E-state index is 6.00. The Balaban J connectivity index is 0.00000147. The van der Waals surface area contributed by atoms with Gasteiger partial charge in [0.05, 0.1) is 0 Å². The molecule has 1 aromatic rings. The Morgan fingerprint density at radius 1 is 1.20 bits per heavy atom. The topological polar surface area (TPSA) is 15.3 Å². The molecule has 0 amide bonds. The van der Waals surface area contributed by atoms with Crippen LogP contribution in [0.1, 0.15) is 44.2 Å². The maximum Gasteiger partial charge on any atom is 0.0406 e. The first-order valence-corrected chi connectivity index (χ1v) is 7.89. The summed E-state index contributed by atoms with van der Waals surface area (Å²) in [5.41, 5.74) is 1.41. The summed E-state index contributed by atoms with van der Waals surface area (Å²) in [6.07, 6.45) is 5.17. The molecule has 2 fully saturated rings. The standard InChI is InChI=1S/C16H23ClN2.ClH/c1-2-16(12-3-5-13(17)6-4-12)19-10-9-14-7-8-15(11-19)18-14;/h3-6,14-16,18H,2,7-11H2,1H3;1H. The van der Waals surface area contributed by atoms with Crippen LogP contribution in [0.25, 0.3) is 0 Å². The van der Waals surface area contributed by atoms with Crippen molar-refractivity contribution in [1.29, 1.82) is 0 Å². The zero-order chi connectivity index (χ0) is 13.2. The van der Waals surface area contributed by atoms with Crippen molar-refractivity contribution in [3.05, 3.63) is 34.9 Å². The fourth-order valence-electron chi connectivity index (χ4n) is 3.64. The van der Waals surface area contributed by atoms with E-state index in [1.807, 2.05) is 12.1 Å². The molecule has 3 atom stereocenters. The van der Waals surface area contributed by atoms with Crippen LogP contribution in [0, 0.1) is 0 Å². The van der Waals surface area contributed by atoms with Crippen LogP contribution in [0.5, 0.6) is 0 Å². The molecule has 0 aromatic heterocycles. The van der Waals surface area contributed by atoms with Gasteiger partial charge in [0.1, 0.15) is 0 Å². The van der Waals surface area contributed by atoms with Crippen LogP contribution in [0.3, 0.4) is 0 Å². The van der Waals surface area contributed by atoms with Crippen molar-refractivity contribution in [1.82, 2.24) is 10.2 Å². The van der Waals surface area contributed by atoms with E-state index in [-0.39, 0.29) is 12.4 Å². The molecule has 0 radical (unpaired) electrons. The highest BCUT2D eigenvalue weighted by molar-refractivity contribution is 6.30. The van der Waals surface area contributed by atoms with Crippen LogP contribution < -0.4 is 5.32 Å². The molecule has 0 saturated carbocycles. The molecular weight excluding hydrogens is 291 g/mol. The van der Waals surface area contributed by atoms with Gasteiger partial charge in [-0.25, -0.2) is 0 Å². The maximum atomic E-state index is 6.00. The molecule has 4 heteroatoms. The number of likely N-dealkylation sites (tertiary alicyclic amines) is 1. The molecule has 1 N–H and O–H groups in total. The van der Waals surface area contributed by atoms with Crippen molar-refractivity contribution < 1.29 is 0 Å². The Labute approximate surface area is 133 Å². The number of halogens is 2. The van der Waals surface area contributed by atoms with Crippen molar-refractivity contribution in [3.8, 4) is 0 Å². The lowest BCUT2D eigenvalue weighted by Gasteiger charge is -2.32. The number of benzene rings is 1. The minimum Gasteiger partial charge on any atom is -0.310 e. The highest BCUT2D eigenvalue weighted by Gasteiger charge is 2.31. The van der Waals surface area contributed by atoms with Crippen LogP contribution in [0.4, 0.5) is 0 Å². The lowest BCUT2D eigenvalue weighted by Crippen LogP contribution is -2.37. The number of hydrogen-bond acceptors (Lipinski definition) is 2. The SMILES string of the molecule is CCC(c1ccc(Cl)cc1)N1CCC2CCC(C1)N2.Cl. The van der Waals surface area contributed by atoms with Crippen molar-refractivity contribution in [2.75, 3.05) is 13.1 Å². The first-order valence-electron chi connectivity index (χ1n) is 7.52. The Morgan fingerprint density at radius 3 is 2.60 bits per heavy atom. The van der Waals surface area contributed by atoms with Gasteiger partial charge in [-0.05, 0) is 43.4 Å². The Morgan fingerprint density at radius 2 is 1.90 bits per heavy atom. The van der Waals surface area contributed by atoms with Gasteiger partial charge in [0.15, 0.2) is 0 Å². The summed E-state index contributed by atoms with van der Waals surface area (Å²) in [5.74, 6) is 0. The van der Waals surface area contributed by atoms with E-state index >= 15 is 0 Å². The lowest BCUT2D eigenvalue weighted by atomic mass is 10.00. The first-order chi connectivity index (χ1) is 9.26. The molecule has 0 spiro atoms. The third kappa shape index (κ3) is 3.48. The highest BCUT2D eigenvalue weighted by atomic mass is 35.5. The smallest absolute Gasteiger partial charge is 0.0406 e. The fraction of sp³-hybridized carbons (Fsp3) is 0.625. The molecule has 3 rings (SSSR count). The molecule has 2 saturated heterocycles. The largest absolute Gasteiger partial charge is 0.310 e. The van der Waals surface area contributed by atoms with E-state index in [1.54, 1.807) is 0 Å². The molecule has 2 nitrogen and oxygen atoms in total. The van der Waals surface area contributed by atoms with E-state index in [1.165, 1.54) is 44.3 Å². The van der Waals surface area contributed by atoms with Gasteiger partial charge in [-0.1, -0.05) is 30.7 Å². The molecule has 2 bridgehead atoms. The number of nitrogens with one attached hydrogen (secondary N) is 1. The van der Waals surface area contributed by atoms with Gasteiger partial charge < -0.3 is 5.32 Å². The van der Waals surface area contributed by atoms with Gasteiger partial charge in [-0.15, -0.1) is 12.4 Å². The third-order valence-corrected chi connectivity index (χ3v) is 4.89. The van der Waals surface area contributed by atoms with Gasteiger partial charge in [0.2, 0.25) is 0 Å². The summed E-state index contributed by atoms with van der Waals surface area (Å²) in [6.45, 7) is 4.70. The summed E-state index contributed by atoms with van der Waals surface area (Å²) in [5, 5.41) is 4.59. The van der Waals surface area contributed by atoms with E-state index in [4.69, 9.17) is 11.6 Å². The zero-order valence-corrected chi connectivity index (χ0v) is 13.6. The second-order valence-corrected chi connectivity index (χ2v) is 6.33. The van der Waals surface area contributed by atoms with Crippen molar-refractivity contribution in [2.24, 2.45) is 0 Å². The Kier molecular flexibility index (Phi) is 5.74. The quantitative estimate of drug-likeness (QED) is 0.905. The second kappa shape index (κ2) is 7.13. The molecule has 20 heavy (non-hydrogen) atoms. The molecule has 0 aliphatic carbocycles. The zero-order valence-electron chi connectivity index (χ0n) is 12.0. The minimum atomic E-state index is 0. The summed E-state index contributed by atoms with van der Waals surface area (Å²) < 4.78 is 0.